The van der Waals surface area contributed by atoms with E-state index in [2.05, 4.69) is 247 Å². The molecular weight excluding hydrogens is 773 g/mol. The number of nitrogens with zero attached hydrogens (tertiary/aromatic N) is 2. The van der Waals surface area contributed by atoms with Gasteiger partial charge in [-0.2, -0.15) is 0 Å². The molecule has 0 aliphatic heterocycles. The van der Waals surface area contributed by atoms with Crippen molar-refractivity contribution < 1.29 is 0 Å². The highest BCUT2D eigenvalue weighted by Gasteiger charge is 2.52. The van der Waals surface area contributed by atoms with Gasteiger partial charge in [-0.05, 0) is 135 Å². The van der Waals surface area contributed by atoms with Crippen LogP contribution in [-0.4, -0.2) is 4.57 Å². The van der Waals surface area contributed by atoms with E-state index in [4.69, 9.17) is 6.42 Å². The van der Waals surface area contributed by atoms with Gasteiger partial charge in [0.25, 0.3) is 0 Å². The zero-order valence-electron chi connectivity index (χ0n) is 35.4. The molecule has 0 saturated heterocycles. The molecular formula is C62H42N2. The van der Waals surface area contributed by atoms with Crippen LogP contribution in [0.3, 0.4) is 0 Å². The highest BCUT2D eigenvalue weighted by Crippen LogP contribution is 2.63. The lowest BCUT2D eigenvalue weighted by Gasteiger charge is -2.33. The molecule has 0 unspecified atom stereocenters. The Morgan fingerprint density at radius 1 is 0.484 bits per heavy atom. The Kier molecular flexibility index (Phi) is 8.71. The minimum absolute atomic E-state index is 0.524. The second-order valence-corrected chi connectivity index (χ2v) is 16.8. The standard InChI is InChI=1S/C62H42N2/c1-3-4-25-54-42(2)61-57(62(54)55-26-14-11-22-50(55)51-23-12-15-27-56(51)62)28-17-30-59(61)63(48-36-31-44(32-37-48)43-18-7-5-8-19-43)49-38-33-45(34-39-49)46-35-40-53-52-24-13-16-29-58(52)64(60(53)41-46)47-20-9-6-10-21-47/h1,4-41H,2H3/b25-4-. The van der Waals surface area contributed by atoms with Crippen molar-refractivity contribution in [1.82, 2.24) is 4.57 Å². The van der Waals surface area contributed by atoms with Gasteiger partial charge in [0.05, 0.1) is 22.1 Å². The lowest BCUT2D eigenvalue weighted by molar-refractivity contribution is 0.786. The van der Waals surface area contributed by atoms with Gasteiger partial charge in [0, 0.05) is 33.4 Å². The second kappa shape index (κ2) is 14.9. The number of anilines is 3. The van der Waals surface area contributed by atoms with Gasteiger partial charge < -0.3 is 9.47 Å². The molecule has 0 fully saturated rings. The lowest BCUT2D eigenvalue weighted by Crippen LogP contribution is -2.27. The van der Waals surface area contributed by atoms with Gasteiger partial charge >= 0.3 is 0 Å². The van der Waals surface area contributed by atoms with Crippen LogP contribution in [0, 0.1) is 12.3 Å². The Morgan fingerprint density at radius 3 is 1.69 bits per heavy atom. The molecule has 1 aromatic heterocycles. The predicted octanol–water partition coefficient (Wildman–Crippen LogP) is 15.9. The van der Waals surface area contributed by atoms with Crippen molar-refractivity contribution in [2.24, 2.45) is 0 Å². The third-order valence-corrected chi connectivity index (χ3v) is 13.5. The molecule has 0 radical (unpaired) electrons. The number of para-hydroxylation sites is 2. The van der Waals surface area contributed by atoms with E-state index in [0.29, 0.717) is 0 Å². The fraction of sp³-hybridized carbons (Fsp3) is 0.0323. The van der Waals surface area contributed by atoms with E-state index in [9.17, 15) is 0 Å². The van der Waals surface area contributed by atoms with Crippen molar-refractivity contribution in [3.8, 4) is 51.4 Å². The first-order valence-corrected chi connectivity index (χ1v) is 22.0. The van der Waals surface area contributed by atoms with E-state index in [1.54, 1.807) is 0 Å². The van der Waals surface area contributed by atoms with Crippen LogP contribution in [0.4, 0.5) is 17.1 Å². The smallest absolute Gasteiger partial charge is 0.0723 e. The number of terminal acetylenes is 1. The van der Waals surface area contributed by atoms with Crippen LogP contribution in [0.5, 0.6) is 0 Å². The van der Waals surface area contributed by atoms with Gasteiger partial charge in [-0.1, -0.05) is 170 Å². The van der Waals surface area contributed by atoms with E-state index in [-0.39, 0.29) is 0 Å². The summed E-state index contributed by atoms with van der Waals surface area (Å²) in [7, 11) is 0. The molecule has 0 atom stereocenters. The van der Waals surface area contributed by atoms with Gasteiger partial charge in [0.1, 0.15) is 0 Å². The van der Waals surface area contributed by atoms with E-state index in [1.807, 2.05) is 6.08 Å². The lowest BCUT2D eigenvalue weighted by atomic mass is 9.69. The van der Waals surface area contributed by atoms with Crippen LogP contribution in [0.25, 0.3) is 66.4 Å². The molecule has 0 saturated carbocycles. The summed E-state index contributed by atoms with van der Waals surface area (Å²) in [5, 5.41) is 2.49. The highest BCUT2D eigenvalue weighted by molar-refractivity contribution is 6.10. The molecule has 64 heavy (non-hydrogen) atoms. The van der Waals surface area contributed by atoms with Crippen LogP contribution < -0.4 is 4.90 Å². The Hall–Kier alpha value is -8.38. The Bertz CT molecular complexity index is 3500. The summed E-state index contributed by atoms with van der Waals surface area (Å²) in [6.45, 7) is 2.28. The average Bonchev–Trinajstić information content (AvgIpc) is 3.95. The van der Waals surface area contributed by atoms with Crippen LogP contribution in [0.15, 0.2) is 236 Å². The maximum Gasteiger partial charge on any atom is 0.0723 e. The number of allylic oxidation sites excluding steroid dienone is 4. The maximum atomic E-state index is 5.98. The van der Waals surface area contributed by atoms with E-state index in [1.165, 1.54) is 83.0 Å². The normalized spacial score (nSPS) is 13.4. The van der Waals surface area contributed by atoms with E-state index in [0.717, 1.165) is 28.3 Å². The molecule has 0 N–H and O–H groups in total. The molecule has 10 aromatic rings. The summed E-state index contributed by atoms with van der Waals surface area (Å²) in [5.74, 6) is 2.82. The molecule has 9 aromatic carbocycles. The average molecular weight is 815 g/mol. The quantitative estimate of drug-likeness (QED) is 0.146. The van der Waals surface area contributed by atoms with Gasteiger partial charge in [-0.25, -0.2) is 0 Å². The summed E-state index contributed by atoms with van der Waals surface area (Å²) < 4.78 is 2.39. The number of hydrogen-bond acceptors (Lipinski definition) is 1. The Labute approximate surface area is 374 Å². The first-order chi connectivity index (χ1) is 31.6. The summed E-state index contributed by atoms with van der Waals surface area (Å²) in [5.41, 5.74) is 21.0. The van der Waals surface area contributed by atoms with Crippen molar-refractivity contribution in [3.63, 3.8) is 0 Å². The number of rotatable bonds is 7. The van der Waals surface area contributed by atoms with Crippen molar-refractivity contribution in [2.45, 2.75) is 12.3 Å². The van der Waals surface area contributed by atoms with Crippen LogP contribution in [0.1, 0.15) is 29.2 Å². The molecule has 2 aliphatic carbocycles. The van der Waals surface area contributed by atoms with Crippen molar-refractivity contribution in [2.75, 3.05) is 4.90 Å². The van der Waals surface area contributed by atoms with Crippen molar-refractivity contribution >= 4 is 44.4 Å². The van der Waals surface area contributed by atoms with Gasteiger partial charge in [-0.15, -0.1) is 6.42 Å². The highest BCUT2D eigenvalue weighted by atomic mass is 15.1. The molecule has 1 heterocycles. The zero-order chi connectivity index (χ0) is 42.8. The third kappa shape index (κ3) is 5.55. The molecule has 2 nitrogen and oxygen atoms in total. The number of benzene rings is 9. The number of fused-ring (bicyclic) bond motifs is 10. The molecule has 2 heteroatoms. The molecule has 0 bridgehead atoms. The zero-order valence-corrected chi connectivity index (χ0v) is 35.4. The molecule has 1 spiro atoms. The molecule has 300 valence electrons. The fourth-order valence-corrected chi connectivity index (χ4v) is 10.9. The second-order valence-electron chi connectivity index (χ2n) is 16.8. The topological polar surface area (TPSA) is 8.17 Å². The summed E-state index contributed by atoms with van der Waals surface area (Å²) in [4.78, 5) is 2.44. The van der Waals surface area contributed by atoms with Crippen LogP contribution >= 0.6 is 0 Å². The molecule has 2 aliphatic rings. The largest absolute Gasteiger partial charge is 0.310 e. The number of hydrogen-bond donors (Lipinski definition) is 0. The minimum Gasteiger partial charge on any atom is -0.310 e. The van der Waals surface area contributed by atoms with E-state index >= 15 is 0 Å². The Morgan fingerprint density at radius 2 is 1.02 bits per heavy atom. The van der Waals surface area contributed by atoms with Gasteiger partial charge in [0.15, 0.2) is 0 Å². The third-order valence-electron chi connectivity index (χ3n) is 13.5. The predicted molar refractivity (Wildman–Crippen MR) is 269 cm³/mol. The first-order valence-electron chi connectivity index (χ1n) is 22.0. The number of aromatic nitrogens is 1. The fourth-order valence-electron chi connectivity index (χ4n) is 10.9. The van der Waals surface area contributed by atoms with E-state index < -0.39 is 5.41 Å². The molecule has 12 rings (SSSR count). The minimum atomic E-state index is -0.524. The van der Waals surface area contributed by atoms with Crippen LogP contribution in [-0.2, 0) is 5.41 Å². The SMILES string of the molecule is C#C/C=C\C1=C(C)c2c(N(c3ccc(-c4ccccc4)cc3)c3ccc(-c4ccc5c6ccccc6n(-c6ccccc6)c5c4)cc3)cccc2C12c1ccccc1-c1ccccc12. The first kappa shape index (κ1) is 37.4. The van der Waals surface area contributed by atoms with Gasteiger partial charge in [-0.3, -0.25) is 0 Å². The molecule has 0 amide bonds. The monoisotopic (exact) mass is 814 g/mol. The summed E-state index contributed by atoms with van der Waals surface area (Å²) in [6.07, 6.45) is 10.0. The summed E-state index contributed by atoms with van der Waals surface area (Å²) in [6, 6.07) is 79.6. The van der Waals surface area contributed by atoms with Gasteiger partial charge in [0.2, 0.25) is 0 Å². The maximum absolute atomic E-state index is 5.98. The summed E-state index contributed by atoms with van der Waals surface area (Å²) >= 11 is 0. The van der Waals surface area contributed by atoms with Crippen LogP contribution in [0.2, 0.25) is 0 Å². The van der Waals surface area contributed by atoms with Crippen molar-refractivity contribution in [3.05, 3.63) is 258 Å². The Balaban J connectivity index is 1.04. The van der Waals surface area contributed by atoms with Crippen molar-refractivity contribution in [1.29, 1.82) is 0 Å².